The number of aliphatic hydroxyl groups is 7. The van der Waals surface area contributed by atoms with Crippen molar-refractivity contribution in [3.05, 3.63) is 11.3 Å². The van der Waals surface area contributed by atoms with Crippen LogP contribution in [0.1, 0.15) is 135 Å². The van der Waals surface area contributed by atoms with Gasteiger partial charge in [0.25, 0.3) is 5.91 Å². The maximum atomic E-state index is 12.5. The van der Waals surface area contributed by atoms with Crippen molar-refractivity contribution in [3.63, 3.8) is 0 Å². The minimum absolute atomic E-state index is 0.163. The van der Waals surface area contributed by atoms with E-state index < -0.39 is 110 Å². The van der Waals surface area contributed by atoms with Crippen molar-refractivity contribution in [2.75, 3.05) is 20.3 Å². The Morgan fingerprint density at radius 1 is 0.700 bits per heavy atom. The number of amides is 1. The number of carbonyl (C=O) groups is 4. The number of nitrogens with zero attached hydrogens (tertiary/aromatic N) is 1. The highest BCUT2D eigenvalue weighted by molar-refractivity contribution is 6.21. The van der Waals surface area contributed by atoms with E-state index in [1.807, 2.05) is 0 Å². The van der Waals surface area contributed by atoms with Crippen LogP contribution in [0.2, 0.25) is 0 Å². The van der Waals surface area contributed by atoms with Crippen LogP contribution in [0, 0.1) is 5.92 Å². The molecule has 18 nitrogen and oxygen atoms in total. The van der Waals surface area contributed by atoms with Crippen LogP contribution in [-0.4, -0.2) is 162 Å². The summed E-state index contributed by atoms with van der Waals surface area (Å²) >= 11 is 0. The minimum atomic E-state index is -1.84. The van der Waals surface area contributed by atoms with Gasteiger partial charge in [-0.3, -0.25) is 14.4 Å². The molecular formula is C42H71NO17. The number of ketones is 1. The third-order valence-corrected chi connectivity index (χ3v) is 11.9. The van der Waals surface area contributed by atoms with Crippen molar-refractivity contribution in [1.82, 2.24) is 4.90 Å². The van der Waals surface area contributed by atoms with Gasteiger partial charge in [0.15, 0.2) is 24.5 Å². The highest BCUT2D eigenvalue weighted by Crippen LogP contribution is 2.31. The molecule has 0 radical (unpaired) electrons. The molecule has 2 fully saturated rings. The summed E-state index contributed by atoms with van der Waals surface area (Å²) in [6, 6.07) is -0.989. The van der Waals surface area contributed by atoms with Crippen LogP contribution in [0.15, 0.2) is 11.3 Å². The van der Waals surface area contributed by atoms with Gasteiger partial charge in [-0.05, 0) is 18.8 Å². The quantitative estimate of drug-likeness (QED) is 0.0370. The molecule has 3 aliphatic rings. The lowest BCUT2D eigenvalue weighted by Crippen LogP contribution is -2.65. The standard InChI is InChI=1S/C42H71NO17/c1-25(19-15-11-7-5-3-4-6-8-13-17-21-27(45)30-31(48)26(23-29(46)47)43(2)39(30)54)20-16-12-9-10-14-18-22-57-41-36(53)34(51)37(38(60-41)40(55)56)59-42-35(52)33(50)32(49)28(24-44)58-42/h25-26,28,32-38,41-42,44,48-53H,3-24H2,1-2H3,(H,46,47)(H,55,56)/t25?,26-,28?,32-,33?,34?,35?,36?,37-,38?,41+,42-/m0/s1. The molecule has 0 spiro atoms. The van der Waals surface area contributed by atoms with Crippen molar-refractivity contribution < 1.29 is 84.1 Å². The van der Waals surface area contributed by atoms with Gasteiger partial charge < -0.3 is 69.8 Å². The van der Waals surface area contributed by atoms with Crippen LogP contribution in [0.5, 0.6) is 0 Å². The number of ether oxygens (including phenoxy) is 4. The van der Waals surface area contributed by atoms with E-state index in [4.69, 9.17) is 24.1 Å². The Morgan fingerprint density at radius 2 is 1.22 bits per heavy atom. The first-order valence-electron chi connectivity index (χ1n) is 21.9. The largest absolute Gasteiger partial charge is 0.509 e. The molecule has 0 bridgehead atoms. The fraction of sp³-hybridized carbons (Fsp3) is 0.857. The van der Waals surface area contributed by atoms with Gasteiger partial charge in [0.2, 0.25) is 0 Å². The van der Waals surface area contributed by atoms with Crippen LogP contribution >= 0.6 is 0 Å². The van der Waals surface area contributed by atoms with E-state index in [0.29, 0.717) is 18.8 Å². The third kappa shape index (κ3) is 15.5. The second kappa shape index (κ2) is 26.6. The Hall–Kier alpha value is -2.78. The molecule has 3 aliphatic heterocycles. The fourth-order valence-corrected chi connectivity index (χ4v) is 8.06. The second-order valence-electron chi connectivity index (χ2n) is 16.7. The van der Waals surface area contributed by atoms with Gasteiger partial charge in [-0.1, -0.05) is 110 Å². The number of hydrogen-bond acceptors (Lipinski definition) is 15. The van der Waals surface area contributed by atoms with E-state index in [9.17, 15) is 60.0 Å². The summed E-state index contributed by atoms with van der Waals surface area (Å²) in [5, 5.41) is 90.0. The number of rotatable bonds is 30. The molecule has 12 atom stereocenters. The predicted molar refractivity (Wildman–Crippen MR) is 213 cm³/mol. The Labute approximate surface area is 352 Å². The highest BCUT2D eigenvalue weighted by atomic mass is 16.7. The summed E-state index contributed by atoms with van der Waals surface area (Å²) in [5.41, 5.74) is -0.265. The number of carbonyl (C=O) groups excluding carboxylic acids is 2. The number of carboxylic acid groups (broad SMARTS) is 2. The normalized spacial score (nSPS) is 30.2. The van der Waals surface area contributed by atoms with Crippen LogP contribution in [0.4, 0.5) is 0 Å². The zero-order chi connectivity index (χ0) is 44.4. The smallest absolute Gasteiger partial charge is 0.335 e. The molecule has 0 aliphatic carbocycles. The number of aliphatic hydroxyl groups excluding tert-OH is 7. The second-order valence-corrected chi connectivity index (χ2v) is 16.7. The molecule has 0 saturated carbocycles. The van der Waals surface area contributed by atoms with Gasteiger partial charge >= 0.3 is 11.9 Å². The number of unbranched alkanes of at least 4 members (excludes halogenated alkanes) is 14. The molecule has 18 heteroatoms. The topological polar surface area (TPSA) is 291 Å². The third-order valence-electron chi connectivity index (χ3n) is 11.9. The number of aliphatic carboxylic acids is 2. The number of Topliss-reactive ketones (excluding diaryl/α,β-unsaturated/α-hetero) is 1. The first-order chi connectivity index (χ1) is 28.6. The average Bonchev–Trinajstić information content (AvgIpc) is 3.41. The van der Waals surface area contributed by atoms with Crippen LogP contribution in [0.25, 0.3) is 0 Å². The molecule has 0 aromatic carbocycles. The number of carboxylic acids is 2. The highest BCUT2D eigenvalue weighted by Gasteiger charge is 2.53. The van der Waals surface area contributed by atoms with E-state index in [-0.39, 0.29) is 18.6 Å². The van der Waals surface area contributed by atoms with E-state index in [1.165, 1.54) is 52.0 Å². The van der Waals surface area contributed by atoms with Gasteiger partial charge in [-0.15, -0.1) is 0 Å². The van der Waals surface area contributed by atoms with Gasteiger partial charge in [0, 0.05) is 20.1 Å². The van der Waals surface area contributed by atoms with E-state index in [1.54, 1.807) is 0 Å². The first kappa shape index (κ1) is 51.6. The van der Waals surface area contributed by atoms with Crippen LogP contribution in [-0.2, 0) is 38.1 Å². The summed E-state index contributed by atoms with van der Waals surface area (Å²) in [4.78, 5) is 49.0. The molecule has 0 aromatic rings. The van der Waals surface area contributed by atoms with Crippen LogP contribution < -0.4 is 0 Å². The molecule has 7 unspecified atom stereocenters. The predicted octanol–water partition coefficient (Wildman–Crippen LogP) is 2.46. The van der Waals surface area contributed by atoms with Gasteiger partial charge in [0.1, 0.15) is 60.1 Å². The monoisotopic (exact) mass is 861 g/mol. The maximum absolute atomic E-state index is 12.5. The molecule has 0 aromatic heterocycles. The Kier molecular flexibility index (Phi) is 22.9. The van der Waals surface area contributed by atoms with Crippen LogP contribution in [0.3, 0.4) is 0 Å². The molecule has 3 heterocycles. The summed E-state index contributed by atoms with van der Waals surface area (Å²) in [6.45, 7) is 1.74. The lowest BCUT2D eigenvalue weighted by molar-refractivity contribution is -0.354. The van der Waals surface area contributed by atoms with Gasteiger partial charge in [-0.2, -0.15) is 0 Å². The van der Waals surface area contributed by atoms with Crippen molar-refractivity contribution in [1.29, 1.82) is 0 Å². The lowest BCUT2D eigenvalue weighted by atomic mass is 9.95. The molecule has 1 amide bonds. The first-order valence-corrected chi connectivity index (χ1v) is 21.9. The van der Waals surface area contributed by atoms with E-state index in [0.717, 1.165) is 62.7 Å². The molecule has 60 heavy (non-hydrogen) atoms. The van der Waals surface area contributed by atoms with Crippen molar-refractivity contribution in [2.45, 2.75) is 203 Å². The molecule has 3 rings (SSSR count). The average molecular weight is 862 g/mol. The fourth-order valence-electron chi connectivity index (χ4n) is 8.06. The molecule has 9 N–H and O–H groups in total. The number of likely N-dealkylation sites (N-methyl/N-ethyl adjacent to an activating group) is 1. The Bertz CT molecular complexity index is 1360. The molecule has 2 saturated heterocycles. The van der Waals surface area contributed by atoms with Crippen molar-refractivity contribution in [2.24, 2.45) is 5.92 Å². The molecular weight excluding hydrogens is 790 g/mol. The number of hydrogen-bond donors (Lipinski definition) is 9. The zero-order valence-corrected chi connectivity index (χ0v) is 35.2. The minimum Gasteiger partial charge on any atom is -0.509 e. The van der Waals surface area contributed by atoms with E-state index >= 15 is 0 Å². The molecule has 346 valence electrons. The summed E-state index contributed by atoms with van der Waals surface area (Å²) in [7, 11) is 1.39. The van der Waals surface area contributed by atoms with E-state index in [2.05, 4.69) is 6.92 Å². The van der Waals surface area contributed by atoms with Gasteiger partial charge in [0.05, 0.1) is 13.0 Å². The lowest BCUT2D eigenvalue weighted by Gasteiger charge is -2.45. The SMILES string of the molecule is CC(CCCCCCCCCCCCC(=O)C1=C(O)[C@H](CC(=O)O)N(C)C1=O)CCCCCCCCO[C@@H]1OC(C(=O)O)[C@@H](O[C@@H]2OC(CO)[C@H](O)C(O)C2O)C(O)C1O. The maximum Gasteiger partial charge on any atom is 0.335 e. The zero-order valence-electron chi connectivity index (χ0n) is 35.2. The Balaban J connectivity index is 1.14. The Morgan fingerprint density at radius 3 is 1.75 bits per heavy atom. The van der Waals surface area contributed by atoms with Gasteiger partial charge in [-0.25, -0.2) is 4.79 Å². The summed E-state index contributed by atoms with van der Waals surface area (Å²) in [6.07, 6.45) is 1.92. The van der Waals surface area contributed by atoms with Crippen molar-refractivity contribution >= 4 is 23.6 Å². The summed E-state index contributed by atoms with van der Waals surface area (Å²) < 4.78 is 21.7. The van der Waals surface area contributed by atoms with Crippen molar-refractivity contribution in [3.8, 4) is 0 Å². The summed E-state index contributed by atoms with van der Waals surface area (Å²) in [5.74, 6) is -3.47.